The molecule has 0 rings (SSSR count). The van der Waals surface area contributed by atoms with Gasteiger partial charge < -0.3 is 18.4 Å². The lowest BCUT2D eigenvalue weighted by atomic mass is 10.8. The van der Waals surface area contributed by atoms with Crippen molar-refractivity contribution in [2.24, 2.45) is 0 Å². The number of hydrogen-bond donors (Lipinski definition) is 1. The minimum absolute atomic E-state index is 0.0101. The second-order valence-electron chi connectivity index (χ2n) is 1.35. The van der Waals surface area contributed by atoms with Crippen LogP contribution in [0.5, 0.6) is 0 Å². The molecule has 0 heterocycles. The number of hydrogen-bond acceptors (Lipinski definition) is 4. The molecule has 0 radical (unpaired) electrons. The van der Waals surface area contributed by atoms with Gasteiger partial charge in [-0.3, -0.25) is 0 Å². The predicted octanol–water partition coefficient (Wildman–Crippen LogP) is -0.995. The molecule has 56 valence electrons. The van der Waals surface area contributed by atoms with Crippen LogP contribution < -0.4 is 0 Å². The lowest BCUT2D eigenvalue weighted by molar-refractivity contribution is 0.109. The van der Waals surface area contributed by atoms with E-state index in [0.29, 0.717) is 6.61 Å². The zero-order chi connectivity index (χ0) is 7.11. The monoisotopic (exact) mass is 152 g/mol. The van der Waals surface area contributed by atoms with Crippen LogP contribution in [0.3, 0.4) is 0 Å². The summed E-state index contributed by atoms with van der Waals surface area (Å²) >= 11 is 0. The Morgan fingerprint density at radius 1 is 1.33 bits per heavy atom. The van der Waals surface area contributed by atoms with Gasteiger partial charge >= 0.3 is 9.53 Å². The van der Waals surface area contributed by atoms with Crippen LogP contribution in [-0.4, -0.2) is 42.1 Å². The molecule has 0 aliphatic rings. The highest BCUT2D eigenvalue weighted by molar-refractivity contribution is 6.36. The Morgan fingerprint density at radius 2 is 1.89 bits per heavy atom. The molecule has 0 aromatic heterocycles. The van der Waals surface area contributed by atoms with Gasteiger partial charge in [0.15, 0.2) is 0 Å². The zero-order valence-electron chi connectivity index (χ0n) is 5.66. The molecule has 1 N–H and O–H groups in total. The van der Waals surface area contributed by atoms with Crippen LogP contribution in [-0.2, 0) is 13.3 Å². The van der Waals surface area contributed by atoms with Crippen LogP contribution in [0.1, 0.15) is 0 Å². The van der Waals surface area contributed by atoms with Crippen molar-refractivity contribution >= 4 is 9.53 Å². The summed E-state index contributed by atoms with van der Waals surface area (Å²) in [7, 11) is 1.18. The number of rotatable bonds is 5. The first-order chi connectivity index (χ1) is 4.35. The molecule has 5 heteroatoms. The van der Waals surface area contributed by atoms with Crippen LogP contribution in [0.4, 0.5) is 0 Å². The first-order valence-corrected chi connectivity index (χ1v) is 4.04. The average molecular weight is 152 g/mol. The Balaban J connectivity index is 3.09. The third-order valence-corrected chi connectivity index (χ3v) is 2.01. The van der Waals surface area contributed by atoms with Crippen molar-refractivity contribution in [3.05, 3.63) is 0 Å². The second kappa shape index (κ2) is 6.18. The Kier molecular flexibility index (Phi) is 6.22. The Hall–Kier alpha value is 0.0569. The minimum Gasteiger partial charge on any atom is -0.394 e. The molecule has 0 bridgehead atoms. The van der Waals surface area contributed by atoms with Crippen molar-refractivity contribution in [3.8, 4) is 0 Å². The summed E-state index contributed by atoms with van der Waals surface area (Å²) in [6, 6.07) is 0. The SMILES string of the molecule is CO[SiH](OC)OCCO. The molecule has 0 unspecified atom stereocenters. The Morgan fingerprint density at radius 3 is 2.22 bits per heavy atom. The van der Waals surface area contributed by atoms with E-state index in [1.54, 1.807) is 0 Å². The molecule has 0 amide bonds. The third-order valence-electron chi connectivity index (χ3n) is 0.730. The summed E-state index contributed by atoms with van der Waals surface area (Å²) in [4.78, 5) is 0. The van der Waals surface area contributed by atoms with Crippen molar-refractivity contribution < 1.29 is 18.4 Å². The molecule has 4 nitrogen and oxygen atoms in total. The van der Waals surface area contributed by atoms with E-state index in [0.717, 1.165) is 0 Å². The van der Waals surface area contributed by atoms with Gasteiger partial charge in [0.25, 0.3) is 0 Å². The molecule has 0 saturated heterocycles. The summed E-state index contributed by atoms with van der Waals surface area (Å²) in [5.74, 6) is 0. The highest BCUT2D eigenvalue weighted by Crippen LogP contribution is 1.85. The minimum atomic E-state index is -1.87. The first-order valence-electron chi connectivity index (χ1n) is 2.63. The molecule has 0 fully saturated rings. The van der Waals surface area contributed by atoms with Crippen molar-refractivity contribution in [1.82, 2.24) is 0 Å². The van der Waals surface area contributed by atoms with Gasteiger partial charge in [-0.15, -0.1) is 0 Å². The van der Waals surface area contributed by atoms with E-state index >= 15 is 0 Å². The molecule has 9 heavy (non-hydrogen) atoms. The molecule has 0 aromatic rings. The fraction of sp³-hybridized carbons (Fsp3) is 1.00. The maximum atomic E-state index is 8.29. The lowest BCUT2D eigenvalue weighted by Crippen LogP contribution is -2.25. The maximum Gasteiger partial charge on any atom is 0.483 e. The summed E-state index contributed by atoms with van der Waals surface area (Å²) in [6.07, 6.45) is 0. The summed E-state index contributed by atoms with van der Waals surface area (Å²) in [6.45, 7) is 0.300. The van der Waals surface area contributed by atoms with E-state index in [4.69, 9.17) is 18.4 Å². The second-order valence-corrected chi connectivity index (χ2v) is 3.21. The van der Waals surface area contributed by atoms with E-state index in [1.165, 1.54) is 14.2 Å². The van der Waals surface area contributed by atoms with Gasteiger partial charge in [-0.1, -0.05) is 0 Å². The fourth-order valence-corrected chi connectivity index (χ4v) is 1.14. The molecule has 0 atom stereocenters. The molecule has 0 aliphatic heterocycles. The van der Waals surface area contributed by atoms with E-state index in [9.17, 15) is 0 Å². The summed E-state index contributed by atoms with van der Waals surface area (Å²) in [5.41, 5.74) is 0. The standard InChI is InChI=1S/C4H12O4Si/c1-6-9(7-2)8-4-3-5/h5,9H,3-4H2,1-2H3. The normalized spacial score (nSPS) is 10.7. The largest absolute Gasteiger partial charge is 0.483 e. The Labute approximate surface area is 56.3 Å². The fourth-order valence-electron chi connectivity index (χ4n) is 0.381. The van der Waals surface area contributed by atoms with Crippen LogP contribution in [0, 0.1) is 0 Å². The molecular weight excluding hydrogens is 140 g/mol. The van der Waals surface area contributed by atoms with E-state index < -0.39 is 9.53 Å². The smallest absolute Gasteiger partial charge is 0.394 e. The molecule has 0 aliphatic carbocycles. The van der Waals surface area contributed by atoms with Crippen LogP contribution in [0.2, 0.25) is 0 Å². The predicted molar refractivity (Wildman–Crippen MR) is 34.2 cm³/mol. The van der Waals surface area contributed by atoms with Crippen molar-refractivity contribution in [3.63, 3.8) is 0 Å². The topological polar surface area (TPSA) is 47.9 Å². The van der Waals surface area contributed by atoms with Gasteiger partial charge in [-0.05, 0) is 0 Å². The van der Waals surface area contributed by atoms with Crippen molar-refractivity contribution in [1.29, 1.82) is 0 Å². The number of aliphatic hydroxyl groups is 1. The van der Waals surface area contributed by atoms with Gasteiger partial charge in [0.05, 0.1) is 13.2 Å². The first kappa shape index (κ1) is 9.06. The Bertz CT molecular complexity index is 56.5. The van der Waals surface area contributed by atoms with E-state index in [-0.39, 0.29) is 6.61 Å². The molecule has 0 aromatic carbocycles. The van der Waals surface area contributed by atoms with Gasteiger partial charge in [0.2, 0.25) is 0 Å². The van der Waals surface area contributed by atoms with Crippen LogP contribution in [0.25, 0.3) is 0 Å². The van der Waals surface area contributed by atoms with Gasteiger partial charge in [0.1, 0.15) is 0 Å². The highest BCUT2D eigenvalue weighted by atomic mass is 28.3. The van der Waals surface area contributed by atoms with Gasteiger partial charge in [-0.25, -0.2) is 0 Å². The van der Waals surface area contributed by atoms with Gasteiger partial charge in [0, 0.05) is 14.2 Å². The number of aliphatic hydroxyl groups excluding tert-OH is 1. The third kappa shape index (κ3) is 4.55. The molecular formula is C4H12O4Si. The van der Waals surface area contributed by atoms with Gasteiger partial charge in [-0.2, -0.15) is 0 Å². The maximum absolute atomic E-state index is 8.29. The molecule has 0 saturated carbocycles. The van der Waals surface area contributed by atoms with Crippen LogP contribution >= 0.6 is 0 Å². The van der Waals surface area contributed by atoms with Crippen molar-refractivity contribution in [2.45, 2.75) is 0 Å². The quantitative estimate of drug-likeness (QED) is 0.514. The lowest BCUT2D eigenvalue weighted by Gasteiger charge is -2.09. The summed E-state index contributed by atoms with van der Waals surface area (Å²) < 4.78 is 14.5. The highest BCUT2D eigenvalue weighted by Gasteiger charge is 2.08. The summed E-state index contributed by atoms with van der Waals surface area (Å²) in [5, 5.41) is 8.29. The average Bonchev–Trinajstić information content (AvgIpc) is 1.91. The van der Waals surface area contributed by atoms with Crippen LogP contribution in [0.15, 0.2) is 0 Å². The molecule has 0 spiro atoms. The van der Waals surface area contributed by atoms with E-state index in [1.807, 2.05) is 0 Å². The zero-order valence-corrected chi connectivity index (χ0v) is 6.82. The van der Waals surface area contributed by atoms with Crippen molar-refractivity contribution in [2.75, 3.05) is 27.4 Å². The van der Waals surface area contributed by atoms with E-state index in [2.05, 4.69) is 0 Å².